The van der Waals surface area contributed by atoms with E-state index in [4.69, 9.17) is 0 Å². The van der Waals surface area contributed by atoms with Crippen LogP contribution in [0, 0.1) is 5.41 Å². The van der Waals surface area contributed by atoms with E-state index < -0.39 is 0 Å². The van der Waals surface area contributed by atoms with E-state index in [1.807, 2.05) is 0 Å². The topological polar surface area (TPSA) is 36.4 Å². The van der Waals surface area contributed by atoms with E-state index in [2.05, 4.69) is 55.5 Å². The van der Waals surface area contributed by atoms with E-state index in [1.165, 1.54) is 0 Å². The molecule has 0 aromatic rings. The predicted molar refractivity (Wildman–Crippen MR) is 75.3 cm³/mol. The average molecular weight is 237 g/mol. The fraction of sp³-hybridized carbons (Fsp3) is 0.786. The van der Waals surface area contributed by atoms with Gasteiger partial charge in [0.25, 0.3) is 0 Å². The Morgan fingerprint density at radius 3 is 2.47 bits per heavy atom. The van der Waals surface area contributed by atoms with E-state index >= 15 is 0 Å². The van der Waals surface area contributed by atoms with E-state index in [0.29, 0.717) is 11.5 Å². The van der Waals surface area contributed by atoms with Gasteiger partial charge in [-0.3, -0.25) is 4.99 Å². The van der Waals surface area contributed by atoms with Crippen LogP contribution in [0.25, 0.3) is 0 Å². The molecule has 0 heterocycles. The van der Waals surface area contributed by atoms with Crippen LogP contribution in [0.3, 0.4) is 0 Å². The standard InChI is InChI=1S/C14H27N3/c1-5-15-13(16-11-10-14(2,3)4)17-12-8-6-7-9-12/h6-7,12H,5,8-11H2,1-4H3,(H2,15,16,17). The average Bonchev–Trinajstić information content (AvgIpc) is 2.68. The molecule has 3 heteroatoms. The maximum Gasteiger partial charge on any atom is 0.191 e. The third-order valence-electron chi connectivity index (χ3n) is 2.82. The van der Waals surface area contributed by atoms with Crippen molar-refractivity contribution in [3.63, 3.8) is 0 Å². The summed E-state index contributed by atoms with van der Waals surface area (Å²) in [6.45, 7) is 10.7. The summed E-state index contributed by atoms with van der Waals surface area (Å²) in [5.74, 6) is 0.963. The van der Waals surface area contributed by atoms with E-state index in [1.54, 1.807) is 0 Å². The third kappa shape index (κ3) is 6.35. The van der Waals surface area contributed by atoms with Gasteiger partial charge in [0.15, 0.2) is 5.96 Å². The minimum absolute atomic E-state index is 0.357. The first-order chi connectivity index (χ1) is 8.01. The van der Waals surface area contributed by atoms with Crippen LogP contribution in [0.15, 0.2) is 17.1 Å². The molecule has 0 amide bonds. The zero-order chi connectivity index (χ0) is 12.7. The lowest BCUT2D eigenvalue weighted by molar-refractivity contribution is 0.384. The number of nitrogens with one attached hydrogen (secondary N) is 2. The smallest absolute Gasteiger partial charge is 0.191 e. The first-order valence-electron chi connectivity index (χ1n) is 6.71. The molecule has 0 bridgehead atoms. The summed E-state index contributed by atoms with van der Waals surface area (Å²) in [6.07, 6.45) is 7.81. The fourth-order valence-electron chi connectivity index (χ4n) is 1.75. The monoisotopic (exact) mass is 237 g/mol. The van der Waals surface area contributed by atoms with Crippen LogP contribution in [0.2, 0.25) is 0 Å². The summed E-state index contributed by atoms with van der Waals surface area (Å²) in [7, 11) is 0. The predicted octanol–water partition coefficient (Wildman–Crippen LogP) is 2.70. The van der Waals surface area contributed by atoms with Gasteiger partial charge >= 0.3 is 0 Å². The van der Waals surface area contributed by atoms with Gasteiger partial charge in [0, 0.05) is 19.1 Å². The Labute approximate surface area is 106 Å². The zero-order valence-corrected chi connectivity index (χ0v) is 11.7. The van der Waals surface area contributed by atoms with E-state index in [9.17, 15) is 0 Å². The molecule has 1 aliphatic carbocycles. The minimum atomic E-state index is 0.357. The first-order valence-corrected chi connectivity index (χ1v) is 6.71. The van der Waals surface area contributed by atoms with Crippen molar-refractivity contribution in [2.24, 2.45) is 10.4 Å². The summed E-state index contributed by atoms with van der Waals surface area (Å²) in [4.78, 5) is 4.63. The largest absolute Gasteiger partial charge is 0.357 e. The summed E-state index contributed by atoms with van der Waals surface area (Å²) in [6, 6.07) is 0.530. The normalized spacial score (nSPS) is 17.5. The highest BCUT2D eigenvalue weighted by molar-refractivity contribution is 5.80. The van der Waals surface area contributed by atoms with Crippen molar-refractivity contribution in [2.75, 3.05) is 13.1 Å². The molecule has 0 atom stereocenters. The summed E-state index contributed by atoms with van der Waals surface area (Å²) < 4.78 is 0. The van der Waals surface area contributed by atoms with Crippen molar-refractivity contribution < 1.29 is 0 Å². The number of hydrogen-bond donors (Lipinski definition) is 2. The second-order valence-corrected chi connectivity index (χ2v) is 5.86. The van der Waals surface area contributed by atoms with Crippen LogP contribution in [-0.2, 0) is 0 Å². The van der Waals surface area contributed by atoms with Crippen LogP contribution < -0.4 is 10.6 Å². The Bertz CT molecular complexity index is 266. The third-order valence-corrected chi connectivity index (χ3v) is 2.82. The van der Waals surface area contributed by atoms with Gasteiger partial charge < -0.3 is 10.6 Å². The second-order valence-electron chi connectivity index (χ2n) is 5.86. The summed E-state index contributed by atoms with van der Waals surface area (Å²) in [5.41, 5.74) is 0.357. The molecule has 0 unspecified atom stereocenters. The van der Waals surface area contributed by atoms with Crippen molar-refractivity contribution in [1.82, 2.24) is 10.6 Å². The summed E-state index contributed by atoms with van der Waals surface area (Å²) >= 11 is 0. The van der Waals surface area contributed by atoms with Crippen molar-refractivity contribution in [1.29, 1.82) is 0 Å². The highest BCUT2D eigenvalue weighted by Gasteiger charge is 2.12. The van der Waals surface area contributed by atoms with E-state index in [0.717, 1.165) is 38.3 Å². The van der Waals surface area contributed by atoms with Crippen molar-refractivity contribution in [3.05, 3.63) is 12.2 Å². The Hall–Kier alpha value is -0.990. The molecule has 1 rings (SSSR count). The fourth-order valence-corrected chi connectivity index (χ4v) is 1.75. The molecule has 0 aliphatic heterocycles. The number of hydrogen-bond acceptors (Lipinski definition) is 1. The SMILES string of the molecule is CCNC(=NCCC(C)(C)C)NC1CC=CC1. The lowest BCUT2D eigenvalue weighted by atomic mass is 9.92. The van der Waals surface area contributed by atoms with Crippen LogP contribution in [0.5, 0.6) is 0 Å². The Morgan fingerprint density at radius 2 is 1.94 bits per heavy atom. The highest BCUT2D eigenvalue weighted by Crippen LogP contribution is 2.17. The van der Waals surface area contributed by atoms with E-state index in [-0.39, 0.29) is 0 Å². The van der Waals surface area contributed by atoms with Crippen LogP contribution in [0.4, 0.5) is 0 Å². The van der Waals surface area contributed by atoms with Gasteiger partial charge in [-0.1, -0.05) is 32.9 Å². The molecule has 17 heavy (non-hydrogen) atoms. The molecule has 3 nitrogen and oxygen atoms in total. The quantitative estimate of drug-likeness (QED) is 0.448. The number of nitrogens with zero attached hydrogens (tertiary/aromatic N) is 1. The van der Waals surface area contributed by atoms with Crippen LogP contribution in [-0.4, -0.2) is 25.1 Å². The highest BCUT2D eigenvalue weighted by atomic mass is 15.2. The Kier molecular flexibility index (Phi) is 5.52. The number of aliphatic imine (C=N–C) groups is 1. The molecule has 0 spiro atoms. The van der Waals surface area contributed by atoms with Crippen molar-refractivity contribution >= 4 is 5.96 Å². The molecular formula is C14H27N3. The minimum Gasteiger partial charge on any atom is -0.357 e. The molecule has 0 saturated heterocycles. The molecule has 0 aromatic carbocycles. The Morgan fingerprint density at radius 1 is 1.29 bits per heavy atom. The number of rotatable bonds is 4. The molecule has 0 saturated carbocycles. The van der Waals surface area contributed by atoms with Gasteiger partial charge in [-0.15, -0.1) is 0 Å². The molecule has 0 aromatic heterocycles. The van der Waals surface area contributed by atoms with Gasteiger partial charge in [0.1, 0.15) is 0 Å². The molecular weight excluding hydrogens is 210 g/mol. The van der Waals surface area contributed by atoms with Gasteiger partial charge in [-0.2, -0.15) is 0 Å². The molecule has 1 aliphatic rings. The van der Waals surface area contributed by atoms with Crippen LogP contribution in [0.1, 0.15) is 47.0 Å². The lowest BCUT2D eigenvalue weighted by Gasteiger charge is -2.19. The van der Waals surface area contributed by atoms with Crippen molar-refractivity contribution in [3.8, 4) is 0 Å². The lowest BCUT2D eigenvalue weighted by Crippen LogP contribution is -2.42. The zero-order valence-electron chi connectivity index (χ0n) is 11.7. The van der Waals surface area contributed by atoms with Gasteiger partial charge in [-0.25, -0.2) is 0 Å². The first kappa shape index (κ1) is 14.1. The Balaban J connectivity index is 2.38. The van der Waals surface area contributed by atoms with Gasteiger partial charge in [0.2, 0.25) is 0 Å². The van der Waals surface area contributed by atoms with Gasteiger partial charge in [0.05, 0.1) is 0 Å². The van der Waals surface area contributed by atoms with Gasteiger partial charge in [-0.05, 0) is 31.6 Å². The molecule has 98 valence electrons. The molecule has 0 fully saturated rings. The maximum atomic E-state index is 4.63. The molecule has 0 radical (unpaired) electrons. The summed E-state index contributed by atoms with van der Waals surface area (Å²) in [5, 5.41) is 6.79. The van der Waals surface area contributed by atoms with Crippen molar-refractivity contribution in [2.45, 2.75) is 53.0 Å². The van der Waals surface area contributed by atoms with Crippen LogP contribution >= 0.6 is 0 Å². The molecule has 2 N–H and O–H groups in total. The second kappa shape index (κ2) is 6.67. The maximum absolute atomic E-state index is 4.63. The number of guanidine groups is 1.